The van der Waals surface area contributed by atoms with Crippen molar-refractivity contribution >= 4 is 5.91 Å². The van der Waals surface area contributed by atoms with Gasteiger partial charge in [-0.05, 0) is 32.3 Å². The highest BCUT2D eigenvalue weighted by Crippen LogP contribution is 2.14. The summed E-state index contributed by atoms with van der Waals surface area (Å²) in [5.41, 5.74) is 1.12. The zero-order valence-electron chi connectivity index (χ0n) is 13.0. The Morgan fingerprint density at radius 3 is 2.81 bits per heavy atom. The Bertz CT molecular complexity index is 439. The quantitative estimate of drug-likeness (QED) is 0.841. The van der Waals surface area contributed by atoms with Gasteiger partial charge in [-0.25, -0.2) is 0 Å². The van der Waals surface area contributed by atoms with Gasteiger partial charge in [-0.1, -0.05) is 30.3 Å². The molecule has 1 saturated heterocycles. The van der Waals surface area contributed by atoms with Crippen LogP contribution < -0.4 is 10.6 Å². The number of morpholine rings is 1. The molecular weight excluding hydrogens is 264 g/mol. The third-order valence-corrected chi connectivity index (χ3v) is 3.79. The highest BCUT2D eigenvalue weighted by molar-refractivity contribution is 5.77. The van der Waals surface area contributed by atoms with Crippen LogP contribution in [0.2, 0.25) is 0 Å². The molecule has 0 aliphatic carbocycles. The molecule has 1 fully saturated rings. The smallest absolute Gasteiger partial charge is 0.222 e. The second kappa shape index (κ2) is 7.57. The molecule has 0 bridgehead atoms. The van der Waals surface area contributed by atoms with E-state index in [-0.39, 0.29) is 17.5 Å². The second-order valence-electron chi connectivity index (χ2n) is 6.35. The van der Waals surface area contributed by atoms with E-state index in [4.69, 9.17) is 4.74 Å². The first kappa shape index (κ1) is 16.0. The number of carbonyl (C=O) groups excluding carboxylic acids is 1. The fourth-order valence-corrected chi connectivity index (χ4v) is 2.57. The lowest BCUT2D eigenvalue weighted by Gasteiger charge is -2.29. The summed E-state index contributed by atoms with van der Waals surface area (Å²) in [6.07, 6.45) is 2.38. The average molecular weight is 290 g/mol. The van der Waals surface area contributed by atoms with Crippen LogP contribution in [0.1, 0.15) is 32.3 Å². The van der Waals surface area contributed by atoms with E-state index in [1.54, 1.807) is 0 Å². The maximum atomic E-state index is 12.1. The van der Waals surface area contributed by atoms with Gasteiger partial charge >= 0.3 is 0 Å². The molecule has 1 amide bonds. The van der Waals surface area contributed by atoms with Crippen molar-refractivity contribution in [2.75, 3.05) is 19.8 Å². The lowest BCUT2D eigenvalue weighted by atomic mass is 9.95. The molecule has 2 rings (SSSR count). The summed E-state index contributed by atoms with van der Waals surface area (Å²) >= 11 is 0. The minimum atomic E-state index is -0.192. The number of benzene rings is 1. The number of aryl methyl sites for hydroxylation is 1. The molecule has 2 N–H and O–H groups in total. The van der Waals surface area contributed by atoms with Crippen LogP contribution in [0, 0.1) is 0 Å². The molecular formula is C17H26N2O2. The Morgan fingerprint density at radius 2 is 2.14 bits per heavy atom. The normalized spacial score (nSPS) is 19.2. The van der Waals surface area contributed by atoms with E-state index in [1.165, 1.54) is 5.56 Å². The zero-order valence-corrected chi connectivity index (χ0v) is 13.0. The van der Waals surface area contributed by atoms with Crippen LogP contribution in [0.4, 0.5) is 0 Å². The molecule has 1 aromatic rings. The number of hydrogen-bond donors (Lipinski definition) is 2. The van der Waals surface area contributed by atoms with Gasteiger partial charge in [-0.3, -0.25) is 4.79 Å². The van der Waals surface area contributed by atoms with Crippen molar-refractivity contribution in [1.82, 2.24) is 10.6 Å². The molecule has 1 unspecified atom stereocenters. The lowest BCUT2D eigenvalue weighted by molar-refractivity contribution is -0.123. The Labute approximate surface area is 127 Å². The molecule has 1 heterocycles. The van der Waals surface area contributed by atoms with Crippen molar-refractivity contribution in [1.29, 1.82) is 0 Å². The number of carbonyl (C=O) groups is 1. The van der Waals surface area contributed by atoms with Gasteiger partial charge in [0, 0.05) is 24.5 Å². The van der Waals surface area contributed by atoms with Crippen LogP contribution in [0.5, 0.6) is 0 Å². The predicted octanol–water partition coefficient (Wildman–Crippen LogP) is 1.89. The molecule has 0 radical (unpaired) electrons. The number of nitrogens with one attached hydrogen (secondary N) is 2. The van der Waals surface area contributed by atoms with Crippen LogP contribution in [0.15, 0.2) is 30.3 Å². The molecule has 21 heavy (non-hydrogen) atoms. The minimum Gasteiger partial charge on any atom is -0.378 e. The molecule has 4 heteroatoms. The largest absolute Gasteiger partial charge is 0.378 e. The SMILES string of the molecule is CC(C)(CCc1ccccc1)NC(=O)CC1COCCN1. The third kappa shape index (κ3) is 5.86. The van der Waals surface area contributed by atoms with Crippen LogP contribution in [0.25, 0.3) is 0 Å². The first-order valence-corrected chi connectivity index (χ1v) is 7.71. The van der Waals surface area contributed by atoms with Gasteiger partial charge in [-0.2, -0.15) is 0 Å². The van der Waals surface area contributed by atoms with E-state index in [9.17, 15) is 4.79 Å². The highest BCUT2D eigenvalue weighted by atomic mass is 16.5. The van der Waals surface area contributed by atoms with E-state index in [0.29, 0.717) is 13.0 Å². The van der Waals surface area contributed by atoms with E-state index in [0.717, 1.165) is 26.0 Å². The van der Waals surface area contributed by atoms with Gasteiger partial charge in [0.2, 0.25) is 5.91 Å². The van der Waals surface area contributed by atoms with E-state index < -0.39 is 0 Å². The molecule has 1 aliphatic rings. The van der Waals surface area contributed by atoms with Crippen molar-refractivity contribution in [3.05, 3.63) is 35.9 Å². The van der Waals surface area contributed by atoms with Crippen molar-refractivity contribution in [2.24, 2.45) is 0 Å². The topological polar surface area (TPSA) is 50.4 Å². The first-order chi connectivity index (χ1) is 10.1. The number of hydrogen-bond acceptors (Lipinski definition) is 3. The predicted molar refractivity (Wildman–Crippen MR) is 84.2 cm³/mol. The van der Waals surface area contributed by atoms with E-state index >= 15 is 0 Å². The summed E-state index contributed by atoms with van der Waals surface area (Å²) in [7, 11) is 0. The summed E-state index contributed by atoms with van der Waals surface area (Å²) in [6, 6.07) is 10.5. The molecule has 0 spiro atoms. The van der Waals surface area contributed by atoms with Crippen molar-refractivity contribution in [2.45, 2.75) is 44.7 Å². The highest BCUT2D eigenvalue weighted by Gasteiger charge is 2.23. The van der Waals surface area contributed by atoms with Crippen LogP contribution in [0.3, 0.4) is 0 Å². The van der Waals surface area contributed by atoms with E-state index in [1.807, 2.05) is 6.07 Å². The summed E-state index contributed by atoms with van der Waals surface area (Å²) in [4.78, 5) is 12.1. The summed E-state index contributed by atoms with van der Waals surface area (Å²) in [5.74, 6) is 0.0936. The Hall–Kier alpha value is -1.39. The standard InChI is InChI=1S/C17H26N2O2/c1-17(2,9-8-14-6-4-3-5-7-14)19-16(20)12-15-13-21-11-10-18-15/h3-7,15,18H,8-13H2,1-2H3,(H,19,20). The number of ether oxygens (including phenoxy) is 1. The van der Waals surface area contributed by atoms with Crippen molar-refractivity contribution in [3.8, 4) is 0 Å². The summed E-state index contributed by atoms with van der Waals surface area (Å²) in [6.45, 7) is 6.35. The number of amides is 1. The average Bonchev–Trinajstić information content (AvgIpc) is 2.47. The maximum Gasteiger partial charge on any atom is 0.222 e. The van der Waals surface area contributed by atoms with Gasteiger partial charge in [0.1, 0.15) is 0 Å². The Morgan fingerprint density at radius 1 is 1.38 bits per heavy atom. The van der Waals surface area contributed by atoms with Crippen molar-refractivity contribution in [3.63, 3.8) is 0 Å². The molecule has 4 nitrogen and oxygen atoms in total. The zero-order chi connectivity index (χ0) is 15.1. The molecule has 1 atom stereocenters. The van der Waals surface area contributed by atoms with E-state index in [2.05, 4.69) is 48.7 Å². The second-order valence-corrected chi connectivity index (χ2v) is 6.35. The molecule has 0 aromatic heterocycles. The van der Waals surface area contributed by atoms with Crippen LogP contribution in [-0.2, 0) is 16.0 Å². The third-order valence-electron chi connectivity index (χ3n) is 3.79. The fourth-order valence-electron chi connectivity index (χ4n) is 2.57. The monoisotopic (exact) mass is 290 g/mol. The maximum absolute atomic E-state index is 12.1. The number of rotatable bonds is 6. The van der Waals surface area contributed by atoms with Crippen LogP contribution in [-0.4, -0.2) is 37.2 Å². The van der Waals surface area contributed by atoms with Gasteiger partial charge in [0.05, 0.1) is 13.2 Å². The minimum absolute atomic E-state index is 0.0936. The Kier molecular flexibility index (Phi) is 5.76. The summed E-state index contributed by atoms with van der Waals surface area (Å²) < 4.78 is 5.38. The fraction of sp³-hybridized carbons (Fsp3) is 0.588. The van der Waals surface area contributed by atoms with Gasteiger partial charge < -0.3 is 15.4 Å². The molecule has 1 aromatic carbocycles. The van der Waals surface area contributed by atoms with Gasteiger partial charge in [0.15, 0.2) is 0 Å². The van der Waals surface area contributed by atoms with Crippen LogP contribution >= 0.6 is 0 Å². The Balaban J connectivity index is 1.75. The molecule has 116 valence electrons. The van der Waals surface area contributed by atoms with Gasteiger partial charge in [-0.15, -0.1) is 0 Å². The molecule has 0 saturated carbocycles. The molecule has 1 aliphatic heterocycles. The first-order valence-electron chi connectivity index (χ1n) is 7.71. The summed E-state index contributed by atoms with van der Waals surface area (Å²) in [5, 5.41) is 6.45. The van der Waals surface area contributed by atoms with Crippen molar-refractivity contribution < 1.29 is 9.53 Å². The lowest BCUT2D eigenvalue weighted by Crippen LogP contribution is -2.48. The van der Waals surface area contributed by atoms with Gasteiger partial charge in [0.25, 0.3) is 0 Å².